The van der Waals surface area contributed by atoms with Gasteiger partial charge in [0.25, 0.3) is 5.69 Å². The highest BCUT2D eigenvalue weighted by Crippen LogP contribution is 2.20. The van der Waals surface area contributed by atoms with Crippen molar-refractivity contribution in [2.24, 2.45) is 0 Å². The largest absolute Gasteiger partial charge is 0.381 e. The Kier molecular flexibility index (Phi) is 4.31. The molecule has 7 heteroatoms. The summed E-state index contributed by atoms with van der Waals surface area (Å²) in [6.45, 7) is 0.278. The lowest BCUT2D eigenvalue weighted by Crippen LogP contribution is -2.03. The van der Waals surface area contributed by atoms with Gasteiger partial charge in [0, 0.05) is 24.4 Å². The minimum Gasteiger partial charge on any atom is -0.381 e. The van der Waals surface area contributed by atoms with Crippen molar-refractivity contribution in [3.05, 3.63) is 64.2 Å². The first-order valence-electron chi connectivity index (χ1n) is 5.78. The molecule has 0 unspecified atom stereocenters. The molecule has 0 aliphatic carbocycles. The number of benzene rings is 2. The van der Waals surface area contributed by atoms with Crippen molar-refractivity contribution in [3.8, 4) is 0 Å². The average molecular weight is 292 g/mol. The van der Waals surface area contributed by atoms with Crippen LogP contribution in [0.2, 0.25) is 0 Å². The van der Waals surface area contributed by atoms with Crippen LogP contribution in [0.3, 0.4) is 0 Å². The maximum Gasteiger partial charge on any atom is 0.270 e. The second-order valence-corrected chi connectivity index (χ2v) is 5.04. The molecule has 0 bridgehead atoms. The number of nitro groups is 1. The SMILES string of the molecule is O=[N+]([O-])c1ccc(CNc2ccccc2)c([SH](=O)=O)c1. The van der Waals surface area contributed by atoms with Gasteiger partial charge in [-0.3, -0.25) is 10.1 Å². The zero-order chi connectivity index (χ0) is 14.5. The molecule has 2 aromatic rings. The van der Waals surface area contributed by atoms with Gasteiger partial charge < -0.3 is 5.32 Å². The summed E-state index contributed by atoms with van der Waals surface area (Å²) in [5.41, 5.74) is 1.11. The fourth-order valence-corrected chi connectivity index (χ4v) is 2.36. The molecule has 0 aromatic heterocycles. The fourth-order valence-electron chi connectivity index (χ4n) is 1.74. The molecule has 0 saturated carbocycles. The molecule has 0 saturated heterocycles. The van der Waals surface area contributed by atoms with Crippen molar-refractivity contribution < 1.29 is 13.3 Å². The summed E-state index contributed by atoms with van der Waals surface area (Å²) in [6, 6.07) is 13.1. The molecular weight excluding hydrogens is 280 g/mol. The van der Waals surface area contributed by atoms with Crippen LogP contribution in [0.25, 0.3) is 0 Å². The van der Waals surface area contributed by atoms with Gasteiger partial charge in [0.05, 0.1) is 9.82 Å². The third-order valence-corrected chi connectivity index (χ3v) is 3.54. The van der Waals surface area contributed by atoms with Gasteiger partial charge in [-0.15, -0.1) is 0 Å². The standard InChI is InChI=1S/C13H12N2O4S/c16-15(17)12-7-6-10(13(8-12)20(18)19)9-14-11-4-2-1-3-5-11/h1-8,14,20H,9H2. The predicted octanol–water partition coefficient (Wildman–Crippen LogP) is 2.18. The van der Waals surface area contributed by atoms with E-state index in [2.05, 4.69) is 5.32 Å². The van der Waals surface area contributed by atoms with Crippen LogP contribution in [0.5, 0.6) is 0 Å². The Morgan fingerprint density at radius 1 is 1.10 bits per heavy atom. The molecular formula is C13H12N2O4S. The third kappa shape index (κ3) is 3.33. The van der Waals surface area contributed by atoms with E-state index in [0.29, 0.717) is 5.56 Å². The smallest absolute Gasteiger partial charge is 0.270 e. The summed E-state index contributed by atoms with van der Waals surface area (Å²) in [6.07, 6.45) is 0. The van der Waals surface area contributed by atoms with Gasteiger partial charge in [-0.25, -0.2) is 8.42 Å². The van der Waals surface area contributed by atoms with Crippen molar-refractivity contribution >= 4 is 22.1 Å². The van der Waals surface area contributed by atoms with E-state index in [0.717, 1.165) is 11.8 Å². The van der Waals surface area contributed by atoms with E-state index >= 15 is 0 Å². The van der Waals surface area contributed by atoms with Crippen molar-refractivity contribution in [2.75, 3.05) is 5.32 Å². The number of nitrogens with zero attached hydrogens (tertiary/aromatic N) is 1. The molecule has 2 aromatic carbocycles. The number of hydrogen-bond donors (Lipinski definition) is 2. The Morgan fingerprint density at radius 2 is 1.80 bits per heavy atom. The summed E-state index contributed by atoms with van der Waals surface area (Å²) < 4.78 is 22.4. The summed E-state index contributed by atoms with van der Waals surface area (Å²) in [5, 5.41) is 13.7. The Morgan fingerprint density at radius 3 is 2.40 bits per heavy atom. The summed E-state index contributed by atoms with van der Waals surface area (Å²) in [7, 11) is -2.88. The van der Waals surface area contributed by atoms with Crippen LogP contribution < -0.4 is 5.32 Å². The molecule has 2 rings (SSSR count). The second-order valence-electron chi connectivity index (χ2n) is 4.05. The van der Waals surface area contributed by atoms with Crippen LogP contribution in [0.15, 0.2) is 53.4 Å². The summed E-state index contributed by atoms with van der Waals surface area (Å²) in [4.78, 5) is 10.0. The van der Waals surface area contributed by atoms with Crippen LogP contribution in [0.1, 0.15) is 5.56 Å². The second kappa shape index (κ2) is 6.16. The third-order valence-electron chi connectivity index (χ3n) is 2.73. The Balaban J connectivity index is 2.25. The van der Waals surface area contributed by atoms with Crippen molar-refractivity contribution in [1.29, 1.82) is 0 Å². The van der Waals surface area contributed by atoms with Crippen molar-refractivity contribution in [2.45, 2.75) is 11.4 Å². The fraction of sp³-hybridized carbons (Fsp3) is 0.0769. The normalized spacial score (nSPS) is 10.4. The zero-order valence-electron chi connectivity index (χ0n) is 10.4. The first kappa shape index (κ1) is 14.0. The molecule has 0 amide bonds. The van der Waals surface area contributed by atoms with Gasteiger partial charge in [0.1, 0.15) is 0 Å². The lowest BCUT2D eigenvalue weighted by molar-refractivity contribution is -0.385. The first-order valence-corrected chi connectivity index (χ1v) is 6.96. The molecule has 6 nitrogen and oxygen atoms in total. The summed E-state index contributed by atoms with van der Waals surface area (Å²) >= 11 is 0. The van der Waals surface area contributed by atoms with Crippen LogP contribution in [-0.4, -0.2) is 13.3 Å². The van der Waals surface area contributed by atoms with Crippen LogP contribution >= 0.6 is 0 Å². The van der Waals surface area contributed by atoms with Gasteiger partial charge in [-0.1, -0.05) is 18.2 Å². The monoisotopic (exact) mass is 292 g/mol. The molecule has 0 aliphatic heterocycles. The molecule has 0 spiro atoms. The van der Waals surface area contributed by atoms with Crippen LogP contribution in [0.4, 0.5) is 11.4 Å². The molecule has 0 aliphatic rings. The maximum atomic E-state index is 11.2. The van der Waals surface area contributed by atoms with Gasteiger partial charge in [0.2, 0.25) is 0 Å². The predicted molar refractivity (Wildman–Crippen MR) is 75.4 cm³/mol. The van der Waals surface area contributed by atoms with E-state index in [4.69, 9.17) is 0 Å². The summed E-state index contributed by atoms with van der Waals surface area (Å²) in [5.74, 6) is 0. The number of thiol groups is 1. The minimum absolute atomic E-state index is 0.0300. The van der Waals surface area contributed by atoms with E-state index < -0.39 is 15.6 Å². The van der Waals surface area contributed by atoms with Gasteiger partial charge in [0.15, 0.2) is 10.7 Å². The number of anilines is 1. The number of hydrogen-bond acceptors (Lipinski definition) is 5. The van der Waals surface area contributed by atoms with Crippen molar-refractivity contribution in [3.63, 3.8) is 0 Å². The topological polar surface area (TPSA) is 89.3 Å². The van der Waals surface area contributed by atoms with Gasteiger partial charge >= 0.3 is 0 Å². The zero-order valence-corrected chi connectivity index (χ0v) is 11.2. The number of para-hydroxylation sites is 1. The molecule has 20 heavy (non-hydrogen) atoms. The highest BCUT2D eigenvalue weighted by Gasteiger charge is 2.12. The van der Waals surface area contributed by atoms with Crippen LogP contribution in [0, 0.1) is 10.1 Å². The van der Waals surface area contributed by atoms with Crippen LogP contribution in [-0.2, 0) is 17.2 Å². The number of rotatable bonds is 5. The Bertz CT molecular complexity index is 691. The Hall–Kier alpha value is -2.41. The van der Waals surface area contributed by atoms with E-state index in [1.165, 1.54) is 12.1 Å². The Labute approximate surface area is 117 Å². The molecule has 0 fully saturated rings. The van der Waals surface area contributed by atoms with E-state index in [9.17, 15) is 18.5 Å². The lowest BCUT2D eigenvalue weighted by Gasteiger charge is -2.08. The van der Waals surface area contributed by atoms with Gasteiger partial charge in [-0.05, 0) is 23.8 Å². The molecule has 0 radical (unpaired) electrons. The molecule has 1 N–H and O–H groups in total. The van der Waals surface area contributed by atoms with E-state index in [1.54, 1.807) is 0 Å². The average Bonchev–Trinajstić information content (AvgIpc) is 2.45. The number of nitrogens with one attached hydrogen (secondary N) is 1. The molecule has 0 heterocycles. The number of non-ortho nitro benzene ring substituents is 1. The minimum atomic E-state index is -2.88. The lowest BCUT2D eigenvalue weighted by atomic mass is 10.2. The molecule has 104 valence electrons. The molecule has 0 atom stereocenters. The maximum absolute atomic E-state index is 11.2. The highest BCUT2D eigenvalue weighted by molar-refractivity contribution is 7.72. The quantitative estimate of drug-likeness (QED) is 0.501. The first-order chi connectivity index (χ1) is 9.58. The van der Waals surface area contributed by atoms with E-state index in [1.807, 2.05) is 30.3 Å². The van der Waals surface area contributed by atoms with E-state index in [-0.39, 0.29) is 17.1 Å². The highest BCUT2D eigenvalue weighted by atomic mass is 32.2. The van der Waals surface area contributed by atoms with Crippen molar-refractivity contribution in [1.82, 2.24) is 0 Å². The van der Waals surface area contributed by atoms with Gasteiger partial charge in [-0.2, -0.15) is 0 Å². The number of nitro benzene ring substituents is 1.